The molecule has 0 fully saturated rings. The summed E-state index contributed by atoms with van der Waals surface area (Å²) >= 11 is 0. The minimum absolute atomic E-state index is 0.289. The maximum Gasteiger partial charge on any atom is 0.427 e. The number of hydrogen-bond acceptors (Lipinski definition) is 5. The number of nitrogens with zero attached hydrogens (tertiary/aromatic N) is 3. The van der Waals surface area contributed by atoms with Crippen molar-refractivity contribution >= 4 is 11.8 Å². The summed E-state index contributed by atoms with van der Waals surface area (Å²) in [6.45, 7) is 0. The highest BCUT2D eigenvalue weighted by Gasteiger charge is 2.25. The van der Waals surface area contributed by atoms with Gasteiger partial charge in [0.2, 0.25) is 6.33 Å². The normalized spacial score (nSPS) is 10.3. The summed E-state index contributed by atoms with van der Waals surface area (Å²) in [6.07, 6.45) is 1.13. The highest BCUT2D eigenvalue weighted by atomic mass is 19.1. The van der Waals surface area contributed by atoms with Crippen LogP contribution in [0.4, 0.5) is 10.2 Å². The van der Waals surface area contributed by atoms with Crippen LogP contribution in [0.25, 0.3) is 0 Å². The fourth-order valence-electron chi connectivity index (χ4n) is 1.55. The minimum Gasteiger partial charge on any atom is -0.477 e. The third-order valence-corrected chi connectivity index (χ3v) is 2.43. The quantitative estimate of drug-likeness (QED) is 0.678. The molecular formula is C11H8FN3O5. The molecule has 0 aliphatic rings. The Balaban J connectivity index is 2.51. The van der Waals surface area contributed by atoms with Gasteiger partial charge in [0, 0.05) is 7.05 Å². The average Bonchev–Trinajstić information content (AvgIpc) is 2.71. The van der Waals surface area contributed by atoms with Crippen LogP contribution >= 0.6 is 0 Å². The molecule has 8 nitrogen and oxygen atoms in total. The fraction of sp³-hybridized carbons (Fsp3) is 0.0909. The van der Waals surface area contributed by atoms with E-state index in [9.17, 15) is 19.3 Å². The van der Waals surface area contributed by atoms with Crippen molar-refractivity contribution < 1.29 is 24.0 Å². The topological polar surface area (TPSA) is 107 Å². The van der Waals surface area contributed by atoms with E-state index in [0.717, 1.165) is 12.4 Å². The van der Waals surface area contributed by atoms with E-state index in [4.69, 9.17) is 9.84 Å². The summed E-state index contributed by atoms with van der Waals surface area (Å²) in [4.78, 5) is 24.5. The standard InChI is InChI=1S/C11H8FN3O5/c1-14-5-13-9(15(18)19)10(14)20-7-4-2-3-6(12)8(7)11(16)17/h2-5H,1H3,(H,16,17). The average molecular weight is 281 g/mol. The van der Waals surface area contributed by atoms with Gasteiger partial charge in [-0.05, 0) is 22.0 Å². The van der Waals surface area contributed by atoms with Crippen LogP contribution < -0.4 is 4.74 Å². The minimum atomic E-state index is -1.54. The van der Waals surface area contributed by atoms with Crippen LogP contribution in [0.2, 0.25) is 0 Å². The Kier molecular flexibility index (Phi) is 3.34. The van der Waals surface area contributed by atoms with Gasteiger partial charge in [-0.15, -0.1) is 0 Å². The third-order valence-electron chi connectivity index (χ3n) is 2.43. The number of hydrogen-bond donors (Lipinski definition) is 1. The van der Waals surface area contributed by atoms with Crippen LogP contribution in [-0.4, -0.2) is 25.6 Å². The molecule has 0 bridgehead atoms. The Hall–Kier alpha value is -2.97. The number of carboxylic acid groups (broad SMARTS) is 1. The number of carbonyl (C=O) groups is 1. The number of aromatic nitrogens is 2. The Bertz CT molecular complexity index is 697. The van der Waals surface area contributed by atoms with E-state index in [1.807, 2.05) is 0 Å². The molecule has 0 unspecified atom stereocenters. The second-order valence-corrected chi connectivity index (χ2v) is 3.76. The molecule has 1 aromatic carbocycles. The van der Waals surface area contributed by atoms with E-state index in [1.165, 1.54) is 23.7 Å². The largest absolute Gasteiger partial charge is 0.477 e. The molecular weight excluding hydrogens is 273 g/mol. The first-order valence-electron chi connectivity index (χ1n) is 5.27. The van der Waals surface area contributed by atoms with Crippen LogP contribution in [0.5, 0.6) is 11.6 Å². The van der Waals surface area contributed by atoms with Crippen LogP contribution in [0.1, 0.15) is 10.4 Å². The number of aromatic carboxylic acids is 1. The van der Waals surface area contributed by atoms with Crippen molar-refractivity contribution in [3.05, 3.63) is 46.0 Å². The molecule has 0 saturated heterocycles. The molecule has 1 heterocycles. The first-order valence-corrected chi connectivity index (χ1v) is 5.27. The first kappa shape index (κ1) is 13.5. The van der Waals surface area contributed by atoms with Gasteiger partial charge in [-0.2, -0.15) is 0 Å². The Labute approximate surface area is 111 Å². The molecule has 0 aliphatic heterocycles. The second kappa shape index (κ2) is 4.96. The molecule has 104 valence electrons. The second-order valence-electron chi connectivity index (χ2n) is 3.76. The number of benzene rings is 1. The molecule has 0 aliphatic carbocycles. The number of imidazole rings is 1. The highest BCUT2D eigenvalue weighted by Crippen LogP contribution is 2.32. The molecule has 0 atom stereocenters. The zero-order valence-corrected chi connectivity index (χ0v) is 10.1. The van der Waals surface area contributed by atoms with Gasteiger partial charge >= 0.3 is 17.7 Å². The Morgan fingerprint density at radius 1 is 1.55 bits per heavy atom. The van der Waals surface area contributed by atoms with Crippen LogP contribution in [0, 0.1) is 15.9 Å². The summed E-state index contributed by atoms with van der Waals surface area (Å²) < 4.78 is 19.8. The molecule has 1 N–H and O–H groups in total. The Morgan fingerprint density at radius 2 is 2.25 bits per heavy atom. The van der Waals surface area contributed by atoms with E-state index >= 15 is 0 Å². The summed E-state index contributed by atoms with van der Waals surface area (Å²) in [6, 6.07) is 3.39. The lowest BCUT2D eigenvalue weighted by Gasteiger charge is -2.08. The molecule has 0 radical (unpaired) electrons. The van der Waals surface area contributed by atoms with Crippen molar-refractivity contribution in [1.29, 1.82) is 0 Å². The van der Waals surface area contributed by atoms with Crippen LogP contribution in [-0.2, 0) is 7.05 Å². The van der Waals surface area contributed by atoms with Crippen molar-refractivity contribution in [3.63, 3.8) is 0 Å². The molecule has 0 amide bonds. The van der Waals surface area contributed by atoms with Gasteiger partial charge in [0.15, 0.2) is 0 Å². The lowest BCUT2D eigenvalue weighted by Crippen LogP contribution is -2.05. The van der Waals surface area contributed by atoms with Crippen molar-refractivity contribution in [1.82, 2.24) is 9.55 Å². The number of carboxylic acids is 1. The first-order chi connectivity index (χ1) is 9.41. The molecule has 9 heteroatoms. The van der Waals surface area contributed by atoms with Crippen molar-refractivity contribution in [3.8, 4) is 11.6 Å². The Morgan fingerprint density at radius 3 is 2.85 bits per heavy atom. The smallest absolute Gasteiger partial charge is 0.427 e. The molecule has 2 rings (SSSR count). The van der Waals surface area contributed by atoms with Gasteiger partial charge in [-0.1, -0.05) is 6.07 Å². The van der Waals surface area contributed by atoms with Gasteiger partial charge < -0.3 is 20.0 Å². The van der Waals surface area contributed by atoms with Gasteiger partial charge in [-0.3, -0.25) is 4.57 Å². The summed E-state index contributed by atoms with van der Waals surface area (Å²) in [5.41, 5.74) is -0.706. The molecule has 1 aromatic heterocycles. The molecule has 20 heavy (non-hydrogen) atoms. The number of ether oxygens (including phenoxy) is 1. The summed E-state index contributed by atoms with van der Waals surface area (Å²) in [5.74, 6) is -3.76. The summed E-state index contributed by atoms with van der Waals surface area (Å²) in [5, 5.41) is 19.7. The number of rotatable bonds is 4. The zero-order valence-electron chi connectivity index (χ0n) is 10.1. The van der Waals surface area contributed by atoms with Crippen molar-refractivity contribution in [2.24, 2.45) is 7.05 Å². The zero-order chi connectivity index (χ0) is 14.9. The van der Waals surface area contributed by atoms with E-state index in [2.05, 4.69) is 4.98 Å². The van der Waals surface area contributed by atoms with E-state index in [-0.39, 0.29) is 11.6 Å². The maximum atomic E-state index is 13.5. The maximum absolute atomic E-state index is 13.5. The van der Waals surface area contributed by atoms with E-state index < -0.39 is 28.1 Å². The predicted octanol–water partition coefficient (Wildman–Crippen LogP) is 1.96. The lowest BCUT2D eigenvalue weighted by atomic mass is 10.2. The monoisotopic (exact) mass is 281 g/mol. The van der Waals surface area contributed by atoms with Gasteiger partial charge in [0.1, 0.15) is 17.1 Å². The lowest BCUT2D eigenvalue weighted by molar-refractivity contribution is -0.390. The summed E-state index contributed by atoms with van der Waals surface area (Å²) in [7, 11) is 1.43. The molecule has 0 saturated carbocycles. The van der Waals surface area contributed by atoms with Crippen LogP contribution in [0.15, 0.2) is 24.5 Å². The number of aryl methyl sites for hydroxylation is 1. The van der Waals surface area contributed by atoms with Crippen LogP contribution in [0.3, 0.4) is 0 Å². The van der Waals surface area contributed by atoms with Crippen molar-refractivity contribution in [2.75, 3.05) is 0 Å². The van der Waals surface area contributed by atoms with Gasteiger partial charge in [0.05, 0.1) is 0 Å². The fourth-order valence-corrected chi connectivity index (χ4v) is 1.55. The number of nitro groups is 1. The van der Waals surface area contributed by atoms with Crippen molar-refractivity contribution in [2.45, 2.75) is 0 Å². The van der Waals surface area contributed by atoms with E-state index in [0.29, 0.717) is 0 Å². The number of halogens is 1. The van der Waals surface area contributed by atoms with Gasteiger partial charge in [-0.25, -0.2) is 9.18 Å². The van der Waals surface area contributed by atoms with E-state index in [1.54, 1.807) is 0 Å². The highest BCUT2D eigenvalue weighted by molar-refractivity contribution is 5.91. The predicted molar refractivity (Wildman–Crippen MR) is 63.3 cm³/mol. The SMILES string of the molecule is Cn1cnc([N+](=O)[O-])c1Oc1cccc(F)c1C(=O)O. The third kappa shape index (κ3) is 2.28. The molecule has 2 aromatic rings. The van der Waals surface area contributed by atoms with Gasteiger partial charge in [0.25, 0.3) is 0 Å². The molecule has 0 spiro atoms.